The highest BCUT2D eigenvalue weighted by atomic mass is 19.1. The summed E-state index contributed by atoms with van der Waals surface area (Å²) in [6.07, 6.45) is -0.485. The first-order valence-corrected chi connectivity index (χ1v) is 7.56. The van der Waals surface area contributed by atoms with Crippen LogP contribution in [0.3, 0.4) is 0 Å². The molecule has 0 aliphatic carbocycles. The molecule has 1 heterocycles. The number of benzene rings is 1. The zero-order chi connectivity index (χ0) is 17.0. The monoisotopic (exact) mass is 324 g/mol. The highest BCUT2D eigenvalue weighted by Gasteiger charge is 2.37. The fourth-order valence-electron chi connectivity index (χ4n) is 2.64. The van der Waals surface area contributed by atoms with E-state index in [4.69, 9.17) is 4.74 Å². The van der Waals surface area contributed by atoms with Crippen LogP contribution in [0.5, 0.6) is 5.75 Å². The number of halogens is 1. The molecular weight excluding hydrogens is 303 g/mol. The van der Waals surface area contributed by atoms with Crippen LogP contribution in [0.1, 0.15) is 25.8 Å². The quantitative estimate of drug-likeness (QED) is 0.841. The van der Waals surface area contributed by atoms with E-state index in [0.717, 1.165) is 0 Å². The van der Waals surface area contributed by atoms with E-state index in [9.17, 15) is 19.1 Å². The van der Waals surface area contributed by atoms with Crippen molar-refractivity contribution in [2.75, 3.05) is 13.2 Å². The molecule has 7 heteroatoms. The Morgan fingerprint density at radius 3 is 2.83 bits per heavy atom. The minimum atomic E-state index is -0.697. The van der Waals surface area contributed by atoms with E-state index in [1.165, 1.54) is 24.0 Å². The Balaban J connectivity index is 1.96. The van der Waals surface area contributed by atoms with Gasteiger partial charge in [0.1, 0.15) is 6.04 Å². The summed E-state index contributed by atoms with van der Waals surface area (Å²) in [5.74, 6) is -0.927. The lowest BCUT2D eigenvalue weighted by Gasteiger charge is -2.22. The summed E-state index contributed by atoms with van der Waals surface area (Å²) in [7, 11) is 0. The number of nitrogens with one attached hydrogen (secondary N) is 1. The minimum Gasteiger partial charge on any atom is -0.491 e. The minimum absolute atomic E-state index is 0.139. The van der Waals surface area contributed by atoms with Crippen LogP contribution < -0.4 is 10.1 Å². The summed E-state index contributed by atoms with van der Waals surface area (Å²) in [6, 6.07) is 3.80. The van der Waals surface area contributed by atoms with Gasteiger partial charge in [0, 0.05) is 26.4 Å². The number of likely N-dealkylation sites (tertiary alicyclic amines) is 1. The molecule has 1 aromatic carbocycles. The Morgan fingerprint density at radius 1 is 1.48 bits per heavy atom. The maximum Gasteiger partial charge on any atom is 0.243 e. The summed E-state index contributed by atoms with van der Waals surface area (Å²) in [5.41, 5.74) is 0.590. The smallest absolute Gasteiger partial charge is 0.243 e. The van der Waals surface area contributed by atoms with Crippen LogP contribution in [0.2, 0.25) is 0 Å². The number of ether oxygens (including phenoxy) is 1. The molecule has 1 aromatic rings. The molecule has 1 aliphatic heterocycles. The molecular formula is C16H21FN2O4. The zero-order valence-corrected chi connectivity index (χ0v) is 13.2. The van der Waals surface area contributed by atoms with Crippen LogP contribution in [-0.2, 0) is 16.1 Å². The van der Waals surface area contributed by atoms with Gasteiger partial charge in [-0.15, -0.1) is 0 Å². The van der Waals surface area contributed by atoms with Gasteiger partial charge in [-0.3, -0.25) is 9.59 Å². The second kappa shape index (κ2) is 7.41. The number of aliphatic hydroxyl groups is 1. The first kappa shape index (κ1) is 17.2. The van der Waals surface area contributed by atoms with Gasteiger partial charge in [-0.2, -0.15) is 0 Å². The molecule has 1 fully saturated rings. The molecule has 0 unspecified atom stereocenters. The highest BCUT2D eigenvalue weighted by Crippen LogP contribution is 2.20. The summed E-state index contributed by atoms with van der Waals surface area (Å²) >= 11 is 0. The first-order valence-electron chi connectivity index (χ1n) is 7.56. The molecule has 2 amide bonds. The molecule has 126 valence electrons. The number of aliphatic hydroxyl groups excluding tert-OH is 1. The van der Waals surface area contributed by atoms with E-state index in [0.29, 0.717) is 12.2 Å². The summed E-state index contributed by atoms with van der Waals surface area (Å²) in [4.78, 5) is 25.0. The lowest BCUT2D eigenvalue weighted by atomic mass is 10.1. The van der Waals surface area contributed by atoms with Crippen molar-refractivity contribution in [2.45, 2.75) is 39.0 Å². The maximum atomic E-state index is 13.8. The van der Waals surface area contributed by atoms with Crippen LogP contribution in [0.4, 0.5) is 4.39 Å². The third-order valence-corrected chi connectivity index (χ3v) is 3.75. The van der Waals surface area contributed by atoms with Crippen molar-refractivity contribution in [1.82, 2.24) is 10.2 Å². The van der Waals surface area contributed by atoms with E-state index in [2.05, 4.69) is 5.32 Å². The Bertz CT molecular complexity index is 593. The average molecular weight is 324 g/mol. The van der Waals surface area contributed by atoms with Crippen molar-refractivity contribution >= 4 is 11.8 Å². The third-order valence-electron chi connectivity index (χ3n) is 3.75. The molecule has 0 spiro atoms. The van der Waals surface area contributed by atoms with E-state index in [1.807, 2.05) is 0 Å². The van der Waals surface area contributed by atoms with E-state index < -0.39 is 18.0 Å². The Kier molecular flexibility index (Phi) is 5.54. The number of β-amino-alcohol motifs (C(OH)–C–C–N with tert-alkyl or cyclic N) is 1. The number of amides is 2. The van der Waals surface area contributed by atoms with Gasteiger partial charge >= 0.3 is 0 Å². The fourth-order valence-corrected chi connectivity index (χ4v) is 2.64. The second-order valence-corrected chi connectivity index (χ2v) is 5.49. The van der Waals surface area contributed by atoms with Gasteiger partial charge in [-0.1, -0.05) is 6.07 Å². The van der Waals surface area contributed by atoms with Gasteiger partial charge in [0.25, 0.3) is 0 Å². The van der Waals surface area contributed by atoms with Gasteiger partial charge < -0.3 is 20.1 Å². The number of nitrogens with zero attached hydrogens (tertiary/aromatic N) is 1. The molecule has 2 N–H and O–H groups in total. The SMILES string of the molecule is CCOc1ccc(CNC(=O)[C@H]2C[C@@H](O)CN2C(C)=O)cc1F. The largest absolute Gasteiger partial charge is 0.491 e. The molecule has 0 saturated carbocycles. The number of carbonyl (C=O) groups excluding carboxylic acids is 2. The topological polar surface area (TPSA) is 78.9 Å². The fraction of sp³-hybridized carbons (Fsp3) is 0.500. The van der Waals surface area contributed by atoms with Crippen LogP contribution in [0.25, 0.3) is 0 Å². The summed E-state index contributed by atoms with van der Waals surface area (Å²) < 4.78 is 18.9. The zero-order valence-electron chi connectivity index (χ0n) is 13.2. The molecule has 1 aliphatic rings. The van der Waals surface area contributed by atoms with Gasteiger partial charge in [-0.25, -0.2) is 4.39 Å². The molecule has 6 nitrogen and oxygen atoms in total. The molecule has 0 bridgehead atoms. The summed E-state index contributed by atoms with van der Waals surface area (Å²) in [5, 5.41) is 12.3. The molecule has 1 saturated heterocycles. The van der Waals surface area contributed by atoms with Gasteiger partial charge in [0.15, 0.2) is 11.6 Å². The maximum absolute atomic E-state index is 13.8. The van der Waals surface area contributed by atoms with Gasteiger partial charge in [0.05, 0.1) is 12.7 Å². The molecule has 0 radical (unpaired) electrons. The van der Waals surface area contributed by atoms with Crippen molar-refractivity contribution in [2.24, 2.45) is 0 Å². The number of carbonyl (C=O) groups is 2. The normalized spacial score (nSPS) is 20.4. The first-order chi connectivity index (χ1) is 10.9. The molecule has 2 atom stereocenters. The Labute approximate surface area is 134 Å². The Hall–Kier alpha value is -2.15. The lowest BCUT2D eigenvalue weighted by Crippen LogP contribution is -2.44. The number of rotatable bonds is 5. The predicted octanol–water partition coefficient (Wildman–Crippen LogP) is 0.822. The molecule has 23 heavy (non-hydrogen) atoms. The lowest BCUT2D eigenvalue weighted by molar-refractivity contribution is -0.137. The molecule has 0 aromatic heterocycles. The van der Waals surface area contributed by atoms with E-state index in [-0.39, 0.29) is 37.1 Å². The van der Waals surface area contributed by atoms with Crippen LogP contribution in [0, 0.1) is 5.82 Å². The van der Waals surface area contributed by atoms with E-state index in [1.54, 1.807) is 13.0 Å². The third kappa shape index (κ3) is 4.19. The van der Waals surface area contributed by atoms with Crippen molar-refractivity contribution in [3.8, 4) is 5.75 Å². The van der Waals surface area contributed by atoms with Gasteiger partial charge in [-0.05, 0) is 24.6 Å². The Morgan fingerprint density at radius 2 is 2.22 bits per heavy atom. The van der Waals surface area contributed by atoms with Crippen LogP contribution in [0.15, 0.2) is 18.2 Å². The molecule has 2 rings (SSSR count). The summed E-state index contributed by atoms with van der Waals surface area (Å²) in [6.45, 7) is 3.80. The van der Waals surface area contributed by atoms with Crippen molar-refractivity contribution < 1.29 is 23.8 Å². The van der Waals surface area contributed by atoms with Crippen LogP contribution in [-0.4, -0.2) is 47.1 Å². The number of hydrogen-bond donors (Lipinski definition) is 2. The van der Waals surface area contributed by atoms with Gasteiger partial charge in [0.2, 0.25) is 11.8 Å². The van der Waals surface area contributed by atoms with Crippen molar-refractivity contribution in [3.05, 3.63) is 29.6 Å². The van der Waals surface area contributed by atoms with Crippen molar-refractivity contribution in [3.63, 3.8) is 0 Å². The van der Waals surface area contributed by atoms with Crippen LogP contribution >= 0.6 is 0 Å². The second-order valence-electron chi connectivity index (χ2n) is 5.49. The predicted molar refractivity (Wildman–Crippen MR) is 81.2 cm³/mol. The van der Waals surface area contributed by atoms with E-state index >= 15 is 0 Å². The van der Waals surface area contributed by atoms with Crippen molar-refractivity contribution in [1.29, 1.82) is 0 Å². The number of hydrogen-bond acceptors (Lipinski definition) is 4. The highest BCUT2D eigenvalue weighted by molar-refractivity contribution is 5.87. The average Bonchev–Trinajstić information content (AvgIpc) is 2.90. The standard InChI is InChI=1S/C16H21FN2O4/c1-3-23-15-5-4-11(6-13(15)17)8-18-16(22)14-7-12(21)9-19(14)10(2)20/h4-6,12,14,21H,3,7-9H2,1-2H3,(H,18,22)/t12-,14-/m1/s1.